The Kier molecular flexibility index (Phi) is 6.27. The summed E-state index contributed by atoms with van der Waals surface area (Å²) in [5, 5.41) is 0.392. The molecule has 0 aliphatic heterocycles. The van der Waals surface area contributed by atoms with Crippen molar-refractivity contribution in [3.8, 4) is 0 Å². The molecule has 0 aliphatic rings. The molecule has 0 aliphatic carbocycles. The second-order valence-electron chi connectivity index (χ2n) is 1.77. The summed E-state index contributed by atoms with van der Waals surface area (Å²) >= 11 is 6.73. The van der Waals surface area contributed by atoms with E-state index in [0.29, 0.717) is 0 Å². The molecule has 0 rings (SSSR count). The Balaban J connectivity index is 3.22. The quantitative estimate of drug-likeness (QED) is 0.705. The van der Waals surface area contributed by atoms with Gasteiger partial charge in [-0.1, -0.05) is 45.7 Å². The summed E-state index contributed by atoms with van der Waals surface area (Å²) in [5.41, 5.74) is 0. The van der Waals surface area contributed by atoms with Crippen molar-refractivity contribution < 1.29 is 4.74 Å². The van der Waals surface area contributed by atoms with Crippen molar-refractivity contribution in [2.45, 2.75) is 36.7 Å². The van der Waals surface area contributed by atoms with Crippen LogP contribution in [0.1, 0.15) is 26.7 Å². The minimum Gasteiger partial charge on any atom is -0.353 e. The predicted octanol–water partition coefficient (Wildman–Crippen LogP) is 3.27. The molecule has 2 unspecified atom stereocenters. The van der Waals surface area contributed by atoms with Gasteiger partial charge >= 0.3 is 0 Å². The first kappa shape index (κ1) is 9.92. The highest BCUT2D eigenvalue weighted by Crippen LogP contribution is 2.15. The maximum absolute atomic E-state index is 5.38. The molecule has 0 aromatic heterocycles. The Hall–Kier alpha value is 0.920. The van der Waals surface area contributed by atoms with Gasteiger partial charge in [0.25, 0.3) is 0 Å². The summed E-state index contributed by atoms with van der Waals surface area (Å²) in [6.45, 7) is 4.16. The van der Waals surface area contributed by atoms with Crippen LogP contribution in [0, 0.1) is 0 Å². The largest absolute Gasteiger partial charge is 0.353 e. The van der Waals surface area contributed by atoms with Crippen LogP contribution in [-0.2, 0) is 4.74 Å². The molecule has 0 radical (unpaired) electrons. The van der Waals surface area contributed by atoms with E-state index in [1.54, 1.807) is 0 Å². The average molecular weight is 260 g/mol. The van der Waals surface area contributed by atoms with Crippen LogP contribution in [-0.4, -0.2) is 10.0 Å². The minimum atomic E-state index is 0.196. The SMILES string of the molecule is CCC(Br)OC(Br)CC. The van der Waals surface area contributed by atoms with Crippen molar-refractivity contribution in [2.24, 2.45) is 0 Å². The van der Waals surface area contributed by atoms with Crippen LogP contribution in [0.2, 0.25) is 0 Å². The van der Waals surface area contributed by atoms with E-state index in [1.165, 1.54) is 0 Å². The lowest BCUT2D eigenvalue weighted by atomic mass is 10.5. The molecule has 0 fully saturated rings. The zero-order valence-electron chi connectivity index (χ0n) is 5.73. The molecule has 0 saturated heterocycles. The van der Waals surface area contributed by atoms with Gasteiger partial charge in [0.15, 0.2) is 0 Å². The first-order valence-electron chi connectivity index (χ1n) is 3.14. The van der Waals surface area contributed by atoms with E-state index in [-0.39, 0.29) is 10.0 Å². The van der Waals surface area contributed by atoms with Gasteiger partial charge < -0.3 is 4.74 Å². The first-order valence-corrected chi connectivity index (χ1v) is 4.97. The van der Waals surface area contributed by atoms with E-state index in [0.717, 1.165) is 12.8 Å². The molecule has 0 N–H and O–H groups in total. The number of halogens is 2. The maximum atomic E-state index is 5.38. The van der Waals surface area contributed by atoms with Crippen LogP contribution in [0.25, 0.3) is 0 Å². The minimum absolute atomic E-state index is 0.196. The molecule has 0 amide bonds. The molecule has 0 aromatic carbocycles. The van der Waals surface area contributed by atoms with Crippen LogP contribution >= 0.6 is 31.9 Å². The Morgan fingerprint density at radius 3 is 1.67 bits per heavy atom. The van der Waals surface area contributed by atoms with Crippen molar-refractivity contribution in [3.63, 3.8) is 0 Å². The summed E-state index contributed by atoms with van der Waals surface area (Å²) in [6, 6.07) is 0. The van der Waals surface area contributed by atoms with Crippen LogP contribution in [0.5, 0.6) is 0 Å². The fraction of sp³-hybridized carbons (Fsp3) is 1.00. The van der Waals surface area contributed by atoms with Crippen molar-refractivity contribution >= 4 is 31.9 Å². The summed E-state index contributed by atoms with van der Waals surface area (Å²) < 4.78 is 5.38. The molecule has 0 bridgehead atoms. The molecule has 0 heterocycles. The van der Waals surface area contributed by atoms with Crippen LogP contribution in [0.15, 0.2) is 0 Å². The third-order valence-corrected chi connectivity index (χ3v) is 2.66. The molecular weight excluding hydrogens is 248 g/mol. The van der Waals surface area contributed by atoms with E-state index < -0.39 is 0 Å². The van der Waals surface area contributed by atoms with E-state index in [9.17, 15) is 0 Å². The second kappa shape index (κ2) is 5.69. The molecule has 0 spiro atoms. The zero-order valence-corrected chi connectivity index (χ0v) is 8.91. The number of alkyl halides is 2. The van der Waals surface area contributed by atoms with Crippen molar-refractivity contribution in [1.82, 2.24) is 0 Å². The molecule has 0 saturated carbocycles. The van der Waals surface area contributed by atoms with Crippen LogP contribution in [0.3, 0.4) is 0 Å². The van der Waals surface area contributed by atoms with Gasteiger partial charge in [-0.2, -0.15) is 0 Å². The predicted molar refractivity (Wildman–Crippen MR) is 47.1 cm³/mol. The fourth-order valence-electron chi connectivity index (χ4n) is 0.353. The summed E-state index contributed by atoms with van der Waals surface area (Å²) in [4.78, 5) is 0. The Morgan fingerprint density at radius 1 is 1.11 bits per heavy atom. The smallest absolute Gasteiger partial charge is 0.113 e. The van der Waals surface area contributed by atoms with Crippen molar-refractivity contribution in [3.05, 3.63) is 0 Å². The lowest BCUT2D eigenvalue weighted by Crippen LogP contribution is -2.09. The molecule has 9 heavy (non-hydrogen) atoms. The van der Waals surface area contributed by atoms with E-state index in [4.69, 9.17) is 4.74 Å². The van der Waals surface area contributed by atoms with Gasteiger partial charge in [-0.15, -0.1) is 0 Å². The number of rotatable bonds is 4. The Labute approximate surface area is 73.4 Å². The van der Waals surface area contributed by atoms with E-state index in [2.05, 4.69) is 45.7 Å². The molecular formula is C6H12Br2O. The summed E-state index contributed by atoms with van der Waals surface area (Å²) in [6.07, 6.45) is 2.00. The lowest BCUT2D eigenvalue weighted by molar-refractivity contribution is 0.0960. The number of hydrogen-bond donors (Lipinski definition) is 0. The van der Waals surface area contributed by atoms with E-state index in [1.807, 2.05) is 0 Å². The maximum Gasteiger partial charge on any atom is 0.113 e. The highest BCUT2D eigenvalue weighted by molar-refractivity contribution is 9.10. The third kappa shape index (κ3) is 5.37. The van der Waals surface area contributed by atoms with Crippen molar-refractivity contribution in [1.29, 1.82) is 0 Å². The summed E-state index contributed by atoms with van der Waals surface area (Å²) in [5.74, 6) is 0. The highest BCUT2D eigenvalue weighted by atomic mass is 79.9. The molecule has 56 valence electrons. The summed E-state index contributed by atoms with van der Waals surface area (Å²) in [7, 11) is 0. The Bertz CT molecular complexity index is 60.1. The number of hydrogen-bond acceptors (Lipinski definition) is 1. The van der Waals surface area contributed by atoms with Gasteiger partial charge in [0.05, 0.1) is 0 Å². The van der Waals surface area contributed by atoms with Gasteiger partial charge in [0.1, 0.15) is 10.0 Å². The highest BCUT2D eigenvalue weighted by Gasteiger charge is 2.05. The second-order valence-corrected chi connectivity index (χ2v) is 3.82. The molecule has 3 heteroatoms. The Morgan fingerprint density at radius 2 is 1.44 bits per heavy atom. The molecule has 1 nitrogen and oxygen atoms in total. The molecule has 0 aromatic rings. The topological polar surface area (TPSA) is 9.23 Å². The standard InChI is InChI=1S/C6H12Br2O/c1-3-5(7)9-6(8)4-2/h5-6H,3-4H2,1-2H3. The normalized spacial score (nSPS) is 17.3. The first-order chi connectivity index (χ1) is 4.20. The van der Waals surface area contributed by atoms with Crippen LogP contribution in [0.4, 0.5) is 0 Å². The van der Waals surface area contributed by atoms with Crippen LogP contribution < -0.4 is 0 Å². The molecule has 2 atom stereocenters. The van der Waals surface area contributed by atoms with Gasteiger partial charge in [-0.3, -0.25) is 0 Å². The van der Waals surface area contributed by atoms with E-state index >= 15 is 0 Å². The number of ether oxygens (including phenoxy) is 1. The van der Waals surface area contributed by atoms with Gasteiger partial charge in [-0.05, 0) is 12.8 Å². The lowest BCUT2D eigenvalue weighted by Gasteiger charge is -2.12. The van der Waals surface area contributed by atoms with Gasteiger partial charge in [0.2, 0.25) is 0 Å². The fourth-order valence-corrected chi connectivity index (χ4v) is 1.16. The van der Waals surface area contributed by atoms with Gasteiger partial charge in [0, 0.05) is 0 Å². The monoisotopic (exact) mass is 258 g/mol. The van der Waals surface area contributed by atoms with Gasteiger partial charge in [-0.25, -0.2) is 0 Å². The third-order valence-electron chi connectivity index (χ3n) is 0.937. The van der Waals surface area contributed by atoms with Crippen molar-refractivity contribution in [2.75, 3.05) is 0 Å². The zero-order chi connectivity index (χ0) is 7.28. The average Bonchev–Trinajstić information content (AvgIpc) is 1.87.